The van der Waals surface area contributed by atoms with Gasteiger partial charge in [-0.15, -0.1) is 11.3 Å². The first-order chi connectivity index (χ1) is 20.2. The summed E-state index contributed by atoms with van der Waals surface area (Å²) in [4.78, 5) is 28.9. The second-order valence-corrected chi connectivity index (χ2v) is 13.1. The Balaban J connectivity index is 1.40. The molecule has 2 aromatic carbocycles. The minimum Gasteiger partial charge on any atom is -0.502 e. The molecule has 5 aliphatic rings. The SMILES string of the molecule is O=C1c2c(O)c(=O)ccn2N([C@@H]2c3ccccc3-c3scc4c3-c3c2ccc(F)c3C(F)(F)C4)[C@@H]2CC3(CCN12)CC3. The summed E-state index contributed by atoms with van der Waals surface area (Å²) in [6.45, 7) is 0.452. The Kier molecular flexibility index (Phi) is 4.59. The molecule has 42 heavy (non-hydrogen) atoms. The molecule has 4 heterocycles. The van der Waals surface area contributed by atoms with Gasteiger partial charge >= 0.3 is 0 Å². The number of nitrogens with zero attached hydrogens (tertiary/aromatic N) is 3. The predicted molar refractivity (Wildman–Crippen MR) is 151 cm³/mol. The summed E-state index contributed by atoms with van der Waals surface area (Å²) in [6, 6.07) is 10.9. The molecule has 6 nitrogen and oxygen atoms in total. The van der Waals surface area contributed by atoms with Crippen LogP contribution < -0.4 is 10.4 Å². The Labute approximate surface area is 242 Å². The third-order valence-corrected chi connectivity index (χ3v) is 11.1. The molecular weight excluding hydrogens is 563 g/mol. The molecule has 10 heteroatoms. The van der Waals surface area contributed by atoms with Crippen molar-refractivity contribution >= 4 is 17.2 Å². The average molecular weight is 588 g/mol. The molecule has 2 aliphatic heterocycles. The van der Waals surface area contributed by atoms with Gasteiger partial charge in [-0.25, -0.2) is 13.2 Å². The first-order valence-corrected chi connectivity index (χ1v) is 15.0. The number of aromatic nitrogens is 1. The molecule has 0 unspecified atom stereocenters. The van der Waals surface area contributed by atoms with Crippen molar-refractivity contribution in [2.24, 2.45) is 5.41 Å². The van der Waals surface area contributed by atoms with Crippen LogP contribution in [-0.2, 0) is 12.3 Å². The quantitative estimate of drug-likeness (QED) is 0.291. The van der Waals surface area contributed by atoms with Crippen LogP contribution in [-0.4, -0.2) is 33.3 Å². The van der Waals surface area contributed by atoms with Crippen LogP contribution in [0.2, 0.25) is 0 Å². The highest BCUT2D eigenvalue weighted by molar-refractivity contribution is 7.14. The highest BCUT2D eigenvalue weighted by Gasteiger charge is 2.55. The molecule has 1 spiro atoms. The number of halogens is 3. The van der Waals surface area contributed by atoms with Crippen molar-refractivity contribution in [2.45, 2.75) is 50.2 Å². The van der Waals surface area contributed by atoms with E-state index in [1.807, 2.05) is 29.3 Å². The van der Waals surface area contributed by atoms with Crippen molar-refractivity contribution in [3.05, 3.63) is 98.0 Å². The van der Waals surface area contributed by atoms with Gasteiger partial charge in [0.15, 0.2) is 11.4 Å². The third kappa shape index (κ3) is 3.00. The highest BCUT2D eigenvalue weighted by Crippen LogP contribution is 2.60. The number of carbonyl (C=O) groups is 1. The van der Waals surface area contributed by atoms with Gasteiger partial charge in [-0.05, 0) is 64.8 Å². The molecule has 1 amide bonds. The van der Waals surface area contributed by atoms with Crippen LogP contribution in [0, 0.1) is 11.2 Å². The molecule has 1 saturated heterocycles. The standard InChI is InChI=1S/C32H24F3N3O3S/c33-20-6-5-19-24-23-16(13-32(34,35)25(20)24)15-42-29(23)18-4-2-1-3-17(18)26(19)38-22-14-31(8-9-31)10-12-36(22)30(41)27-28(40)21(39)7-11-37(27)38/h1-7,11,15,22,26,40H,8-10,12-14H2/t22-,26-/m1/s1. The largest absolute Gasteiger partial charge is 0.502 e. The van der Waals surface area contributed by atoms with E-state index < -0.39 is 53.0 Å². The lowest BCUT2D eigenvalue weighted by atomic mass is 9.80. The van der Waals surface area contributed by atoms with Crippen molar-refractivity contribution in [2.75, 3.05) is 11.6 Å². The minimum atomic E-state index is -3.41. The van der Waals surface area contributed by atoms with Gasteiger partial charge in [0, 0.05) is 41.2 Å². The number of carbonyl (C=O) groups excluding carboxylic acids is 1. The summed E-state index contributed by atoms with van der Waals surface area (Å²) in [5.41, 5.74) is 2.18. The van der Waals surface area contributed by atoms with Gasteiger partial charge in [-0.1, -0.05) is 30.3 Å². The molecule has 2 fully saturated rings. The lowest BCUT2D eigenvalue weighted by molar-refractivity contribution is -0.00825. The van der Waals surface area contributed by atoms with Crippen LogP contribution >= 0.6 is 11.3 Å². The topological polar surface area (TPSA) is 65.8 Å². The number of rotatable bonds is 1. The molecule has 2 atom stereocenters. The van der Waals surface area contributed by atoms with Gasteiger partial charge in [0.05, 0.1) is 11.6 Å². The number of piperidine rings is 1. The number of pyridine rings is 1. The highest BCUT2D eigenvalue weighted by atomic mass is 32.1. The number of thiophene rings is 1. The summed E-state index contributed by atoms with van der Waals surface area (Å²) >= 11 is 1.38. The monoisotopic (exact) mass is 587 g/mol. The summed E-state index contributed by atoms with van der Waals surface area (Å²) in [5, 5.41) is 14.6. The van der Waals surface area contributed by atoms with E-state index >= 15 is 13.2 Å². The predicted octanol–water partition coefficient (Wildman–Crippen LogP) is 6.13. The summed E-state index contributed by atoms with van der Waals surface area (Å²) in [7, 11) is 0. The maximum atomic E-state index is 15.8. The number of amides is 1. The zero-order valence-electron chi connectivity index (χ0n) is 22.2. The Morgan fingerprint density at radius 2 is 1.79 bits per heavy atom. The molecule has 4 aromatic rings. The van der Waals surface area contributed by atoms with Gasteiger partial charge in [0.1, 0.15) is 12.0 Å². The molecule has 9 rings (SSSR count). The second kappa shape index (κ2) is 7.86. The number of fused-ring (bicyclic) bond motifs is 4. The molecule has 0 radical (unpaired) electrons. The van der Waals surface area contributed by atoms with Crippen LogP contribution in [0.4, 0.5) is 13.2 Å². The second-order valence-electron chi connectivity index (χ2n) is 12.3. The van der Waals surface area contributed by atoms with E-state index in [1.54, 1.807) is 21.0 Å². The van der Waals surface area contributed by atoms with Crippen molar-refractivity contribution < 1.29 is 23.1 Å². The van der Waals surface area contributed by atoms with Crippen molar-refractivity contribution in [1.29, 1.82) is 0 Å². The zero-order chi connectivity index (χ0) is 28.7. The molecule has 0 bridgehead atoms. The van der Waals surface area contributed by atoms with E-state index in [0.29, 0.717) is 29.7 Å². The fourth-order valence-electron chi connectivity index (χ4n) is 7.86. The van der Waals surface area contributed by atoms with E-state index in [-0.39, 0.29) is 16.7 Å². The first kappa shape index (κ1) is 24.5. The average Bonchev–Trinajstić information content (AvgIpc) is 3.61. The first-order valence-electron chi connectivity index (χ1n) is 14.1. The maximum Gasteiger partial charge on any atom is 0.280 e. The number of aromatic hydroxyl groups is 1. The minimum absolute atomic E-state index is 0.0869. The van der Waals surface area contributed by atoms with Gasteiger partial charge in [-0.3, -0.25) is 19.3 Å². The number of hydrogen-bond donors (Lipinski definition) is 1. The lowest BCUT2D eigenvalue weighted by Gasteiger charge is -2.53. The van der Waals surface area contributed by atoms with Crippen LogP contribution in [0.1, 0.15) is 64.5 Å². The van der Waals surface area contributed by atoms with Crippen LogP contribution in [0.25, 0.3) is 21.6 Å². The van der Waals surface area contributed by atoms with E-state index in [0.717, 1.165) is 41.3 Å². The molecule has 3 aliphatic carbocycles. The van der Waals surface area contributed by atoms with E-state index in [1.165, 1.54) is 23.6 Å². The Morgan fingerprint density at radius 3 is 2.60 bits per heavy atom. The summed E-state index contributed by atoms with van der Waals surface area (Å²) in [6.07, 6.45) is 4.01. The fraction of sp³-hybridized carbons (Fsp3) is 0.312. The zero-order valence-corrected chi connectivity index (χ0v) is 23.1. The van der Waals surface area contributed by atoms with Gasteiger partial charge < -0.3 is 10.0 Å². The molecular formula is C32H24F3N3O3S. The molecule has 1 saturated carbocycles. The fourth-order valence-corrected chi connectivity index (χ4v) is 8.99. The Hall–Kier alpha value is -4.05. The van der Waals surface area contributed by atoms with Crippen molar-refractivity contribution in [3.63, 3.8) is 0 Å². The van der Waals surface area contributed by atoms with Crippen LogP contribution in [0.3, 0.4) is 0 Å². The van der Waals surface area contributed by atoms with E-state index in [9.17, 15) is 14.7 Å². The number of benzene rings is 2. The van der Waals surface area contributed by atoms with E-state index in [2.05, 4.69) is 0 Å². The Morgan fingerprint density at radius 1 is 0.976 bits per heavy atom. The van der Waals surface area contributed by atoms with Crippen LogP contribution in [0.15, 0.2) is 58.8 Å². The van der Waals surface area contributed by atoms with Gasteiger partial charge in [-0.2, -0.15) is 0 Å². The maximum absolute atomic E-state index is 15.8. The van der Waals surface area contributed by atoms with Crippen molar-refractivity contribution in [1.82, 2.24) is 9.58 Å². The third-order valence-electron chi connectivity index (χ3n) is 10.0. The lowest BCUT2D eigenvalue weighted by Crippen LogP contribution is -2.65. The van der Waals surface area contributed by atoms with Gasteiger partial charge in [0.25, 0.3) is 11.8 Å². The molecule has 2 aromatic heterocycles. The number of alkyl halides is 2. The molecule has 212 valence electrons. The van der Waals surface area contributed by atoms with Gasteiger partial charge in [0.2, 0.25) is 5.43 Å². The smallest absolute Gasteiger partial charge is 0.280 e. The summed E-state index contributed by atoms with van der Waals surface area (Å²) in [5.74, 6) is -5.43. The molecule has 1 N–H and O–H groups in total. The summed E-state index contributed by atoms with van der Waals surface area (Å²) < 4.78 is 48.6. The van der Waals surface area contributed by atoms with Crippen molar-refractivity contribution in [3.8, 4) is 27.3 Å². The normalized spacial score (nSPS) is 23.5. The Bertz CT molecular complexity index is 1940. The number of hydrogen-bond acceptors (Lipinski definition) is 5. The van der Waals surface area contributed by atoms with E-state index in [4.69, 9.17) is 0 Å². The van der Waals surface area contributed by atoms with Crippen LogP contribution in [0.5, 0.6) is 5.75 Å².